The third-order valence-corrected chi connectivity index (χ3v) is 4.52. The predicted molar refractivity (Wildman–Crippen MR) is 85.2 cm³/mol. The van der Waals surface area contributed by atoms with Crippen LogP contribution in [0.25, 0.3) is 11.0 Å². The quantitative estimate of drug-likeness (QED) is 0.740. The van der Waals surface area contributed by atoms with E-state index in [1.54, 1.807) is 0 Å². The molecule has 1 aliphatic rings. The molecule has 1 atom stereocenters. The summed E-state index contributed by atoms with van der Waals surface area (Å²) in [5.74, 6) is 1.13. The van der Waals surface area contributed by atoms with Crippen molar-refractivity contribution in [3.63, 3.8) is 0 Å². The van der Waals surface area contributed by atoms with Crippen molar-refractivity contribution >= 4 is 11.0 Å². The van der Waals surface area contributed by atoms with Crippen LogP contribution in [0.1, 0.15) is 28.6 Å². The van der Waals surface area contributed by atoms with Gasteiger partial charge in [0.1, 0.15) is 5.82 Å². The minimum atomic E-state index is 0.289. The number of hydrogen-bond acceptors (Lipinski definition) is 2. The van der Waals surface area contributed by atoms with Crippen molar-refractivity contribution in [1.82, 2.24) is 14.9 Å². The highest BCUT2D eigenvalue weighted by Gasteiger charge is 2.23. The van der Waals surface area contributed by atoms with E-state index >= 15 is 0 Å². The molecule has 21 heavy (non-hydrogen) atoms. The Morgan fingerprint density at radius 3 is 2.71 bits per heavy atom. The normalized spacial score (nSPS) is 17.9. The highest BCUT2D eigenvalue weighted by Crippen LogP contribution is 2.28. The fourth-order valence-corrected chi connectivity index (χ4v) is 3.43. The topological polar surface area (TPSA) is 29.9 Å². The molecule has 0 saturated heterocycles. The number of nitrogens with one attached hydrogen (secondary N) is 1. The van der Waals surface area contributed by atoms with Crippen molar-refractivity contribution < 1.29 is 0 Å². The largest absolute Gasteiger partial charge is 0.330 e. The van der Waals surface area contributed by atoms with Crippen molar-refractivity contribution in [2.45, 2.75) is 25.9 Å². The van der Waals surface area contributed by atoms with Gasteiger partial charge in [0.25, 0.3) is 0 Å². The van der Waals surface area contributed by atoms with Crippen LogP contribution >= 0.6 is 0 Å². The summed E-state index contributed by atoms with van der Waals surface area (Å²) in [7, 11) is 2.12. The molecule has 3 aromatic rings. The minimum Gasteiger partial charge on any atom is -0.330 e. The molecule has 106 valence electrons. The Bertz CT molecular complexity index is 816. The number of aryl methyl sites for hydroxylation is 2. The second kappa shape index (κ2) is 4.71. The highest BCUT2D eigenvalue weighted by molar-refractivity contribution is 5.79. The molecular formula is C18H19N3. The van der Waals surface area contributed by atoms with Crippen molar-refractivity contribution in [2.24, 2.45) is 7.05 Å². The molecule has 1 aromatic heterocycles. The van der Waals surface area contributed by atoms with Crippen molar-refractivity contribution in [3.05, 3.63) is 65.0 Å². The van der Waals surface area contributed by atoms with E-state index in [0.717, 1.165) is 24.3 Å². The molecule has 0 amide bonds. The molecule has 0 radical (unpaired) electrons. The first-order valence-corrected chi connectivity index (χ1v) is 7.46. The van der Waals surface area contributed by atoms with Crippen LogP contribution in [0.2, 0.25) is 0 Å². The summed E-state index contributed by atoms with van der Waals surface area (Å²) in [4.78, 5) is 4.87. The maximum atomic E-state index is 4.87. The van der Waals surface area contributed by atoms with Gasteiger partial charge < -0.3 is 9.88 Å². The first-order valence-electron chi connectivity index (χ1n) is 7.46. The number of benzene rings is 2. The maximum Gasteiger partial charge on any atom is 0.127 e. The number of imidazole rings is 1. The van der Waals surface area contributed by atoms with Gasteiger partial charge in [-0.3, -0.25) is 0 Å². The molecule has 0 fully saturated rings. The molecule has 1 unspecified atom stereocenters. The van der Waals surface area contributed by atoms with Gasteiger partial charge >= 0.3 is 0 Å². The van der Waals surface area contributed by atoms with E-state index in [0.29, 0.717) is 0 Å². The fourth-order valence-electron chi connectivity index (χ4n) is 3.43. The lowest BCUT2D eigenvalue weighted by atomic mass is 9.95. The van der Waals surface area contributed by atoms with Crippen molar-refractivity contribution in [2.75, 3.05) is 0 Å². The smallest absolute Gasteiger partial charge is 0.127 e. The zero-order valence-corrected chi connectivity index (χ0v) is 12.4. The standard InChI is InChI=1S/C18H19N3/c1-12-6-5-9-15-17(12)21(2)18(20-15)16-10-13-7-3-4-8-14(13)11-19-16/h3-9,16,19H,10-11H2,1-2H3. The van der Waals surface area contributed by atoms with Gasteiger partial charge in [-0.25, -0.2) is 4.98 Å². The van der Waals surface area contributed by atoms with Gasteiger partial charge in [-0.1, -0.05) is 36.4 Å². The first-order chi connectivity index (χ1) is 10.2. The molecule has 3 nitrogen and oxygen atoms in total. The van der Waals surface area contributed by atoms with Crippen LogP contribution in [-0.2, 0) is 20.0 Å². The van der Waals surface area contributed by atoms with Crippen LogP contribution in [0.15, 0.2) is 42.5 Å². The van der Waals surface area contributed by atoms with E-state index < -0.39 is 0 Å². The monoisotopic (exact) mass is 277 g/mol. The van der Waals surface area contributed by atoms with Crippen LogP contribution in [0.3, 0.4) is 0 Å². The summed E-state index contributed by atoms with van der Waals surface area (Å²) in [6.45, 7) is 3.07. The molecule has 0 saturated carbocycles. The zero-order chi connectivity index (χ0) is 14.4. The Kier molecular flexibility index (Phi) is 2.82. The summed E-state index contributed by atoms with van der Waals surface area (Å²) in [6.07, 6.45) is 1.01. The van der Waals surface area contributed by atoms with Gasteiger partial charge in [0.05, 0.1) is 17.1 Å². The lowest BCUT2D eigenvalue weighted by Crippen LogP contribution is -2.30. The lowest BCUT2D eigenvalue weighted by Gasteiger charge is -2.25. The Morgan fingerprint density at radius 2 is 1.90 bits per heavy atom. The average molecular weight is 277 g/mol. The van der Waals surface area contributed by atoms with E-state index in [-0.39, 0.29) is 6.04 Å². The van der Waals surface area contributed by atoms with Crippen molar-refractivity contribution in [3.8, 4) is 0 Å². The van der Waals surface area contributed by atoms with Gasteiger partial charge in [0.15, 0.2) is 0 Å². The van der Waals surface area contributed by atoms with Crippen LogP contribution in [0.4, 0.5) is 0 Å². The second-order valence-corrected chi connectivity index (χ2v) is 5.88. The highest BCUT2D eigenvalue weighted by atomic mass is 15.1. The third-order valence-electron chi connectivity index (χ3n) is 4.52. The van der Waals surface area contributed by atoms with Gasteiger partial charge in [0, 0.05) is 13.6 Å². The van der Waals surface area contributed by atoms with Crippen LogP contribution in [-0.4, -0.2) is 9.55 Å². The lowest BCUT2D eigenvalue weighted by molar-refractivity contribution is 0.467. The van der Waals surface area contributed by atoms with Gasteiger partial charge in [0.2, 0.25) is 0 Å². The molecule has 4 rings (SSSR count). The third kappa shape index (κ3) is 1.96. The number of fused-ring (bicyclic) bond motifs is 2. The summed E-state index contributed by atoms with van der Waals surface area (Å²) in [6, 6.07) is 15.3. The zero-order valence-electron chi connectivity index (χ0n) is 12.4. The van der Waals surface area contributed by atoms with Crippen LogP contribution in [0.5, 0.6) is 0 Å². The average Bonchev–Trinajstić information content (AvgIpc) is 2.85. The molecule has 1 N–H and O–H groups in total. The molecule has 0 bridgehead atoms. The predicted octanol–water partition coefficient (Wildman–Crippen LogP) is 3.27. The number of para-hydroxylation sites is 1. The van der Waals surface area contributed by atoms with E-state index in [1.165, 1.54) is 22.2 Å². The molecule has 1 aliphatic heterocycles. The Labute approximate surface area is 124 Å². The van der Waals surface area contributed by atoms with E-state index in [9.17, 15) is 0 Å². The van der Waals surface area contributed by atoms with E-state index in [2.05, 4.69) is 66.3 Å². The van der Waals surface area contributed by atoms with Gasteiger partial charge in [-0.15, -0.1) is 0 Å². The number of nitrogens with zero attached hydrogens (tertiary/aromatic N) is 2. The summed E-state index contributed by atoms with van der Waals surface area (Å²) < 4.78 is 2.25. The Balaban J connectivity index is 1.78. The summed E-state index contributed by atoms with van der Waals surface area (Å²) >= 11 is 0. The maximum absolute atomic E-state index is 4.87. The molecule has 0 aliphatic carbocycles. The molecule has 2 heterocycles. The van der Waals surface area contributed by atoms with Gasteiger partial charge in [-0.2, -0.15) is 0 Å². The minimum absolute atomic E-state index is 0.289. The number of aromatic nitrogens is 2. The van der Waals surface area contributed by atoms with E-state index in [1.807, 2.05) is 0 Å². The Morgan fingerprint density at radius 1 is 1.10 bits per heavy atom. The molecule has 0 spiro atoms. The molecule has 3 heteroatoms. The number of rotatable bonds is 1. The SMILES string of the molecule is Cc1cccc2nc(C3Cc4ccccc4CN3)n(C)c12. The second-order valence-electron chi connectivity index (χ2n) is 5.88. The van der Waals surface area contributed by atoms with Crippen molar-refractivity contribution in [1.29, 1.82) is 0 Å². The molecule has 2 aromatic carbocycles. The first kappa shape index (κ1) is 12.6. The summed E-state index contributed by atoms with van der Waals surface area (Å²) in [5, 5.41) is 3.63. The fraction of sp³-hybridized carbons (Fsp3) is 0.278. The molecular weight excluding hydrogens is 258 g/mol. The Hall–Kier alpha value is -2.13. The van der Waals surface area contributed by atoms with Crippen LogP contribution < -0.4 is 5.32 Å². The number of hydrogen-bond donors (Lipinski definition) is 1. The van der Waals surface area contributed by atoms with Crippen LogP contribution in [0, 0.1) is 6.92 Å². The summed E-state index contributed by atoms with van der Waals surface area (Å²) in [5.41, 5.74) is 6.46. The van der Waals surface area contributed by atoms with E-state index in [4.69, 9.17) is 4.98 Å². The van der Waals surface area contributed by atoms with Gasteiger partial charge in [-0.05, 0) is 36.1 Å².